The van der Waals surface area contributed by atoms with Gasteiger partial charge in [-0.15, -0.1) is 11.8 Å². The van der Waals surface area contributed by atoms with Gasteiger partial charge in [0.15, 0.2) is 0 Å². The van der Waals surface area contributed by atoms with E-state index in [1.165, 1.54) is 12.1 Å². The zero-order valence-corrected chi connectivity index (χ0v) is 20.3. The molecule has 2 aliphatic rings. The van der Waals surface area contributed by atoms with Crippen molar-refractivity contribution in [1.29, 1.82) is 0 Å². The molecule has 2 N–H and O–H groups in total. The fraction of sp³-hybridized carbons (Fsp3) is 0.360. The highest BCUT2D eigenvalue weighted by Crippen LogP contribution is 2.29. The van der Waals surface area contributed by atoms with Crippen LogP contribution in [0.4, 0.5) is 4.39 Å². The molecular formula is C25H26ClFN4O2S. The second-order valence-electron chi connectivity index (χ2n) is 8.76. The third-order valence-corrected chi connectivity index (χ3v) is 7.61. The number of likely N-dealkylation sites (tertiary alicyclic amines) is 1. The molecule has 5 rings (SSSR count). The molecule has 0 saturated carbocycles. The van der Waals surface area contributed by atoms with E-state index in [0.717, 1.165) is 42.1 Å². The van der Waals surface area contributed by atoms with E-state index < -0.39 is 0 Å². The van der Waals surface area contributed by atoms with Gasteiger partial charge in [0, 0.05) is 42.0 Å². The summed E-state index contributed by atoms with van der Waals surface area (Å²) < 4.78 is 19.0. The number of hydrogen-bond acceptors (Lipinski definition) is 6. The fourth-order valence-electron chi connectivity index (χ4n) is 4.51. The normalized spacial score (nSPS) is 22.9. The Labute approximate surface area is 207 Å². The van der Waals surface area contributed by atoms with Gasteiger partial charge in [-0.25, -0.2) is 9.37 Å². The number of thioether (sulfide) groups is 1. The second-order valence-corrected chi connectivity index (χ2v) is 10.3. The summed E-state index contributed by atoms with van der Waals surface area (Å²) in [4.78, 5) is 19.8. The average molecular weight is 501 g/mol. The highest BCUT2D eigenvalue weighted by Gasteiger charge is 2.40. The van der Waals surface area contributed by atoms with Gasteiger partial charge in [-0.05, 0) is 49.2 Å². The summed E-state index contributed by atoms with van der Waals surface area (Å²) in [5.41, 5.74) is 2.57. The average Bonchev–Trinajstić information content (AvgIpc) is 3.20. The van der Waals surface area contributed by atoms with Crippen molar-refractivity contribution < 1.29 is 13.6 Å². The highest BCUT2D eigenvalue weighted by atomic mass is 35.5. The van der Waals surface area contributed by atoms with Crippen LogP contribution in [0.1, 0.15) is 23.4 Å². The van der Waals surface area contributed by atoms with Gasteiger partial charge >= 0.3 is 0 Å². The molecule has 0 aliphatic carbocycles. The molecule has 2 fully saturated rings. The minimum absolute atomic E-state index is 0.0709. The van der Waals surface area contributed by atoms with Crippen molar-refractivity contribution in [1.82, 2.24) is 20.5 Å². The van der Waals surface area contributed by atoms with E-state index in [9.17, 15) is 9.18 Å². The van der Waals surface area contributed by atoms with Gasteiger partial charge in [0.25, 0.3) is 0 Å². The van der Waals surface area contributed by atoms with Crippen LogP contribution >= 0.6 is 23.4 Å². The number of piperidine rings is 1. The second kappa shape index (κ2) is 10.1. The van der Waals surface area contributed by atoms with Crippen molar-refractivity contribution in [2.75, 3.05) is 13.1 Å². The highest BCUT2D eigenvalue weighted by molar-refractivity contribution is 7.99. The number of amides is 1. The Hall–Kier alpha value is -2.39. The zero-order chi connectivity index (χ0) is 23.7. The molecule has 1 aromatic heterocycles. The topological polar surface area (TPSA) is 70.4 Å². The third-order valence-electron chi connectivity index (χ3n) is 6.34. The summed E-state index contributed by atoms with van der Waals surface area (Å²) in [5.74, 6) is 1.66. The van der Waals surface area contributed by atoms with Crippen molar-refractivity contribution in [3.05, 3.63) is 76.4 Å². The van der Waals surface area contributed by atoms with E-state index in [1.54, 1.807) is 23.9 Å². The molecule has 0 bridgehead atoms. The standard InChI is InChI=1S/C25H26ClFN4O2S/c1-15-22(28-24(33-15)17-3-2-4-18(26)11-17)14-34-25-29-21-9-10-31(13-20(21)23(32)30-25)12-16-5-7-19(27)8-6-16/h2-8,11,20-21,25,29H,9-10,12-14H2,1H3,(H,30,32). The van der Waals surface area contributed by atoms with Gasteiger partial charge in [0.1, 0.15) is 17.1 Å². The maximum Gasteiger partial charge on any atom is 0.227 e. The maximum atomic E-state index is 13.2. The number of aryl methyl sites for hydroxylation is 1. The summed E-state index contributed by atoms with van der Waals surface area (Å²) in [6.45, 7) is 4.19. The van der Waals surface area contributed by atoms with Gasteiger partial charge in [0.05, 0.1) is 11.6 Å². The smallest absolute Gasteiger partial charge is 0.227 e. The van der Waals surface area contributed by atoms with Gasteiger partial charge in [0.2, 0.25) is 11.8 Å². The Morgan fingerprint density at radius 3 is 2.88 bits per heavy atom. The molecule has 3 unspecified atom stereocenters. The van der Waals surface area contributed by atoms with Crippen molar-refractivity contribution in [3.8, 4) is 11.5 Å². The molecule has 3 aromatic rings. The van der Waals surface area contributed by atoms with E-state index in [2.05, 4.69) is 20.5 Å². The summed E-state index contributed by atoms with van der Waals surface area (Å²) in [7, 11) is 0. The number of halogens is 2. The van der Waals surface area contributed by atoms with Crippen LogP contribution in [0.5, 0.6) is 0 Å². The van der Waals surface area contributed by atoms with Crippen molar-refractivity contribution in [3.63, 3.8) is 0 Å². The van der Waals surface area contributed by atoms with Crippen molar-refractivity contribution in [2.45, 2.75) is 37.2 Å². The van der Waals surface area contributed by atoms with Crippen LogP contribution in [0.3, 0.4) is 0 Å². The van der Waals surface area contributed by atoms with E-state index in [1.807, 2.05) is 31.2 Å². The number of rotatable bonds is 6. The first-order valence-electron chi connectivity index (χ1n) is 11.3. The first-order valence-corrected chi connectivity index (χ1v) is 12.7. The third kappa shape index (κ3) is 5.30. The Morgan fingerprint density at radius 1 is 1.26 bits per heavy atom. The molecule has 3 heterocycles. The Bertz CT molecular complexity index is 1170. The number of nitrogens with zero attached hydrogens (tertiary/aromatic N) is 2. The predicted octanol–water partition coefficient (Wildman–Crippen LogP) is 4.57. The maximum absolute atomic E-state index is 13.2. The lowest BCUT2D eigenvalue weighted by Crippen LogP contribution is -2.64. The summed E-state index contributed by atoms with van der Waals surface area (Å²) in [5, 5.41) is 7.33. The monoisotopic (exact) mass is 500 g/mol. The number of carbonyl (C=O) groups excluding carboxylic acids is 1. The lowest BCUT2D eigenvalue weighted by molar-refractivity contribution is -0.130. The van der Waals surface area contributed by atoms with E-state index >= 15 is 0 Å². The number of nitrogens with one attached hydrogen (secondary N) is 2. The molecule has 2 aromatic carbocycles. The number of oxazole rings is 1. The van der Waals surface area contributed by atoms with Gasteiger partial charge in [-0.2, -0.15) is 0 Å². The van der Waals surface area contributed by atoms with E-state index in [4.69, 9.17) is 16.0 Å². The number of benzene rings is 2. The Balaban J connectivity index is 1.16. The van der Waals surface area contributed by atoms with Crippen molar-refractivity contribution in [2.24, 2.45) is 5.92 Å². The first kappa shape index (κ1) is 23.4. The summed E-state index contributed by atoms with van der Waals surface area (Å²) in [6, 6.07) is 14.1. The van der Waals surface area contributed by atoms with Crippen LogP contribution in [0.15, 0.2) is 52.9 Å². The largest absolute Gasteiger partial charge is 0.441 e. The lowest BCUT2D eigenvalue weighted by atomic mass is 9.89. The molecule has 1 amide bonds. The molecule has 2 saturated heterocycles. The molecule has 9 heteroatoms. The van der Waals surface area contributed by atoms with Gasteiger partial charge in [-0.3, -0.25) is 15.0 Å². The molecule has 178 valence electrons. The number of carbonyl (C=O) groups is 1. The number of fused-ring (bicyclic) bond motifs is 1. The quantitative estimate of drug-likeness (QED) is 0.516. The molecule has 3 atom stereocenters. The fourth-order valence-corrected chi connectivity index (χ4v) is 5.76. The first-order chi connectivity index (χ1) is 16.4. The Kier molecular flexibility index (Phi) is 6.92. The molecule has 34 heavy (non-hydrogen) atoms. The molecule has 0 spiro atoms. The summed E-state index contributed by atoms with van der Waals surface area (Å²) >= 11 is 7.69. The predicted molar refractivity (Wildman–Crippen MR) is 132 cm³/mol. The van der Waals surface area contributed by atoms with E-state index in [-0.39, 0.29) is 29.2 Å². The van der Waals surface area contributed by atoms with Crippen molar-refractivity contribution >= 4 is 29.3 Å². The van der Waals surface area contributed by atoms with Crippen LogP contribution < -0.4 is 10.6 Å². The number of hydrogen-bond donors (Lipinski definition) is 2. The molecule has 2 aliphatic heterocycles. The van der Waals surface area contributed by atoms with Gasteiger partial charge < -0.3 is 9.73 Å². The van der Waals surface area contributed by atoms with Crippen LogP contribution in [-0.4, -0.2) is 40.4 Å². The SMILES string of the molecule is Cc1oc(-c2cccc(Cl)c2)nc1CSC1NC(=O)C2CN(Cc3ccc(F)cc3)CCC2N1. The molecule has 0 radical (unpaired) electrons. The minimum atomic E-state index is -0.233. The van der Waals surface area contributed by atoms with Crippen LogP contribution in [0.25, 0.3) is 11.5 Å². The van der Waals surface area contributed by atoms with E-state index in [0.29, 0.717) is 23.2 Å². The summed E-state index contributed by atoms with van der Waals surface area (Å²) in [6.07, 6.45) is 0.887. The lowest BCUT2D eigenvalue weighted by Gasteiger charge is -2.43. The van der Waals surface area contributed by atoms with Gasteiger partial charge in [-0.1, -0.05) is 29.8 Å². The van der Waals surface area contributed by atoms with Crippen LogP contribution in [0.2, 0.25) is 5.02 Å². The minimum Gasteiger partial charge on any atom is -0.441 e. The zero-order valence-electron chi connectivity index (χ0n) is 18.8. The van der Waals surface area contributed by atoms with Crippen LogP contribution in [-0.2, 0) is 17.1 Å². The molecular weight excluding hydrogens is 475 g/mol. The number of aromatic nitrogens is 1. The Morgan fingerprint density at radius 2 is 2.09 bits per heavy atom. The molecule has 6 nitrogen and oxygen atoms in total. The van der Waals surface area contributed by atoms with Crippen LogP contribution in [0, 0.1) is 18.7 Å².